The molecule has 0 aromatic heterocycles. The van der Waals surface area contributed by atoms with Gasteiger partial charge in [0, 0.05) is 25.1 Å². The number of likely N-dealkylation sites (N-methyl/N-ethyl adjacent to an activating group) is 1. The van der Waals surface area contributed by atoms with Gasteiger partial charge in [-0.05, 0) is 39.1 Å². The summed E-state index contributed by atoms with van der Waals surface area (Å²) in [7, 11) is 3.85. The number of nitrogens with zero attached hydrogens (tertiary/aromatic N) is 1. The molecule has 0 saturated heterocycles. The Kier molecular flexibility index (Phi) is 14.3. The highest BCUT2D eigenvalue weighted by atomic mass is 16.5. The van der Waals surface area contributed by atoms with Crippen molar-refractivity contribution >= 4 is 17.5 Å². The van der Waals surface area contributed by atoms with Crippen molar-refractivity contribution in [1.29, 1.82) is 0 Å². The number of anilines is 1. The molecular formula is C18H31N3O4. The number of unbranched alkanes of at least 4 members (excludes halogenated alkanes) is 3. The molecule has 1 rings (SSSR count). The smallest absolute Gasteiger partial charge is 0.243 e. The van der Waals surface area contributed by atoms with Crippen molar-refractivity contribution in [2.75, 3.05) is 32.6 Å². The lowest BCUT2D eigenvalue weighted by Gasteiger charge is -2.04. The summed E-state index contributed by atoms with van der Waals surface area (Å²) in [5, 5.41) is 19.3. The van der Waals surface area contributed by atoms with Crippen molar-refractivity contribution in [3.8, 4) is 0 Å². The lowest BCUT2D eigenvalue weighted by Crippen LogP contribution is -2.17. The highest BCUT2D eigenvalue weighted by Crippen LogP contribution is 2.09. The van der Waals surface area contributed by atoms with Gasteiger partial charge >= 0.3 is 0 Å². The van der Waals surface area contributed by atoms with Gasteiger partial charge in [0.25, 0.3) is 0 Å². The quantitative estimate of drug-likeness (QED) is 0.293. The number of hydroxylamine groups is 1. The maximum absolute atomic E-state index is 11.6. The van der Waals surface area contributed by atoms with Crippen LogP contribution in [0.25, 0.3) is 0 Å². The molecule has 4 N–H and O–H groups in total. The maximum atomic E-state index is 11.6. The van der Waals surface area contributed by atoms with E-state index in [0.29, 0.717) is 12.8 Å². The van der Waals surface area contributed by atoms with Gasteiger partial charge in [0.05, 0.1) is 6.61 Å². The van der Waals surface area contributed by atoms with E-state index >= 15 is 0 Å². The number of benzene rings is 1. The maximum Gasteiger partial charge on any atom is 0.243 e. The Labute approximate surface area is 150 Å². The topological polar surface area (TPSA) is 102 Å². The van der Waals surface area contributed by atoms with Gasteiger partial charge in [0.15, 0.2) is 0 Å². The third-order valence-corrected chi connectivity index (χ3v) is 3.29. The van der Waals surface area contributed by atoms with E-state index in [9.17, 15) is 9.59 Å². The molecule has 0 aliphatic heterocycles. The highest BCUT2D eigenvalue weighted by molar-refractivity contribution is 5.90. The van der Waals surface area contributed by atoms with Crippen LogP contribution in [0, 0.1) is 0 Å². The molecule has 142 valence electrons. The van der Waals surface area contributed by atoms with Crippen molar-refractivity contribution in [1.82, 2.24) is 10.4 Å². The number of hydrogen-bond acceptors (Lipinski definition) is 5. The first-order valence-corrected chi connectivity index (χ1v) is 8.53. The minimum atomic E-state index is -0.359. The third-order valence-electron chi connectivity index (χ3n) is 3.29. The molecule has 1 aromatic carbocycles. The Morgan fingerprint density at radius 3 is 1.96 bits per heavy atom. The SMILES string of the molecule is CN(C)CCO.O=C(CCCCCCC(=O)Nc1ccccc1)NO. The third kappa shape index (κ3) is 15.3. The molecular weight excluding hydrogens is 322 g/mol. The molecule has 7 nitrogen and oxygen atoms in total. The van der Waals surface area contributed by atoms with Gasteiger partial charge in [-0.1, -0.05) is 31.0 Å². The highest BCUT2D eigenvalue weighted by Gasteiger charge is 2.02. The van der Waals surface area contributed by atoms with Crippen molar-refractivity contribution in [3.05, 3.63) is 30.3 Å². The summed E-state index contributed by atoms with van der Waals surface area (Å²) in [6.45, 7) is 1.02. The molecule has 0 fully saturated rings. The van der Waals surface area contributed by atoms with Crippen LogP contribution in [0.2, 0.25) is 0 Å². The first-order chi connectivity index (χ1) is 12.0. The summed E-state index contributed by atoms with van der Waals surface area (Å²) < 4.78 is 0. The molecule has 0 bridgehead atoms. The van der Waals surface area contributed by atoms with E-state index < -0.39 is 0 Å². The number of carbonyl (C=O) groups excluding carboxylic acids is 2. The van der Waals surface area contributed by atoms with Crippen LogP contribution in [0.5, 0.6) is 0 Å². The largest absolute Gasteiger partial charge is 0.395 e. The second-order valence-electron chi connectivity index (χ2n) is 5.89. The van der Waals surface area contributed by atoms with E-state index in [0.717, 1.165) is 37.9 Å². The van der Waals surface area contributed by atoms with Crippen molar-refractivity contribution in [2.45, 2.75) is 38.5 Å². The molecule has 0 saturated carbocycles. The fraction of sp³-hybridized carbons (Fsp3) is 0.556. The van der Waals surface area contributed by atoms with Crippen LogP contribution < -0.4 is 10.8 Å². The summed E-state index contributed by atoms with van der Waals surface area (Å²) in [5.41, 5.74) is 2.41. The zero-order valence-electron chi connectivity index (χ0n) is 15.2. The minimum absolute atomic E-state index is 0.0132. The average Bonchev–Trinajstić information content (AvgIpc) is 2.59. The lowest BCUT2D eigenvalue weighted by atomic mass is 10.1. The number of rotatable bonds is 10. The van der Waals surface area contributed by atoms with Crippen LogP contribution in [0.1, 0.15) is 38.5 Å². The van der Waals surface area contributed by atoms with Gasteiger partial charge in [0.1, 0.15) is 0 Å². The average molecular weight is 353 g/mol. The van der Waals surface area contributed by atoms with E-state index in [1.807, 2.05) is 49.3 Å². The summed E-state index contributed by atoms with van der Waals surface area (Å²) in [5.74, 6) is -0.346. The summed E-state index contributed by atoms with van der Waals surface area (Å²) in [6, 6.07) is 9.36. The molecule has 0 aliphatic rings. The van der Waals surface area contributed by atoms with Gasteiger partial charge in [-0.3, -0.25) is 14.8 Å². The Morgan fingerprint density at radius 2 is 1.52 bits per heavy atom. The number of amides is 2. The molecule has 0 heterocycles. The standard InChI is InChI=1S/C14H20N2O3.C4H11NO/c17-13(15-12-8-4-3-5-9-12)10-6-1-2-7-11-14(18)16-19;1-5(2)3-4-6/h3-5,8-9,19H,1-2,6-7,10-11H2,(H,15,17)(H,16,18);6H,3-4H2,1-2H3. The van der Waals surface area contributed by atoms with Gasteiger partial charge in [-0.15, -0.1) is 0 Å². The molecule has 0 spiro atoms. The van der Waals surface area contributed by atoms with Gasteiger partial charge in [-0.2, -0.15) is 0 Å². The summed E-state index contributed by atoms with van der Waals surface area (Å²) in [6.07, 6.45) is 4.13. The fourth-order valence-corrected chi connectivity index (χ4v) is 1.93. The summed E-state index contributed by atoms with van der Waals surface area (Å²) >= 11 is 0. The first-order valence-electron chi connectivity index (χ1n) is 8.53. The van der Waals surface area contributed by atoms with Crippen LogP contribution >= 0.6 is 0 Å². The number of para-hydroxylation sites is 1. The Hall–Kier alpha value is -1.96. The molecule has 0 atom stereocenters. The normalized spacial score (nSPS) is 9.96. The number of carbonyl (C=O) groups is 2. The molecule has 25 heavy (non-hydrogen) atoms. The van der Waals surface area contributed by atoms with E-state index in [-0.39, 0.29) is 18.4 Å². The molecule has 2 amide bonds. The second-order valence-corrected chi connectivity index (χ2v) is 5.89. The molecule has 0 unspecified atom stereocenters. The Bertz CT molecular complexity index is 467. The number of nitrogens with one attached hydrogen (secondary N) is 2. The fourth-order valence-electron chi connectivity index (χ4n) is 1.93. The molecule has 1 aromatic rings. The van der Waals surface area contributed by atoms with Gasteiger partial charge in [0.2, 0.25) is 11.8 Å². The van der Waals surface area contributed by atoms with Crippen LogP contribution in [0.15, 0.2) is 30.3 Å². The predicted molar refractivity (Wildman–Crippen MR) is 98.3 cm³/mol. The van der Waals surface area contributed by atoms with Crippen LogP contribution in [-0.4, -0.2) is 54.3 Å². The van der Waals surface area contributed by atoms with Crippen LogP contribution in [0.4, 0.5) is 5.69 Å². The Morgan fingerprint density at radius 1 is 0.960 bits per heavy atom. The van der Waals surface area contributed by atoms with Gasteiger partial charge in [-0.25, -0.2) is 5.48 Å². The minimum Gasteiger partial charge on any atom is -0.395 e. The van der Waals surface area contributed by atoms with E-state index in [4.69, 9.17) is 10.3 Å². The number of aliphatic hydroxyl groups is 1. The van der Waals surface area contributed by atoms with E-state index in [1.165, 1.54) is 0 Å². The Balaban J connectivity index is 0.000000823. The molecule has 0 radical (unpaired) electrons. The van der Waals surface area contributed by atoms with Crippen molar-refractivity contribution in [2.24, 2.45) is 0 Å². The van der Waals surface area contributed by atoms with Crippen LogP contribution in [0.3, 0.4) is 0 Å². The molecule has 7 heteroatoms. The van der Waals surface area contributed by atoms with E-state index in [1.54, 1.807) is 5.48 Å². The first kappa shape index (κ1) is 23.0. The monoisotopic (exact) mass is 353 g/mol. The molecule has 0 aliphatic carbocycles. The van der Waals surface area contributed by atoms with E-state index in [2.05, 4.69) is 5.32 Å². The number of aliphatic hydroxyl groups excluding tert-OH is 1. The summed E-state index contributed by atoms with van der Waals surface area (Å²) in [4.78, 5) is 24.3. The zero-order chi connectivity index (χ0) is 18.9. The predicted octanol–water partition coefficient (Wildman–Crippen LogP) is 2.01. The lowest BCUT2D eigenvalue weighted by molar-refractivity contribution is -0.129. The number of hydrogen-bond donors (Lipinski definition) is 4. The van der Waals surface area contributed by atoms with Crippen molar-refractivity contribution < 1.29 is 19.9 Å². The van der Waals surface area contributed by atoms with Crippen LogP contribution in [-0.2, 0) is 9.59 Å². The second kappa shape index (κ2) is 15.6. The van der Waals surface area contributed by atoms with Gasteiger partial charge < -0.3 is 15.3 Å². The zero-order valence-corrected chi connectivity index (χ0v) is 15.2. The van der Waals surface area contributed by atoms with Crippen molar-refractivity contribution in [3.63, 3.8) is 0 Å².